The van der Waals surface area contributed by atoms with Gasteiger partial charge in [0.15, 0.2) is 0 Å². The van der Waals surface area contributed by atoms with Gasteiger partial charge in [-0.1, -0.05) is 37.5 Å². The lowest BCUT2D eigenvalue weighted by atomic mass is 10.1. The van der Waals surface area contributed by atoms with Crippen LogP contribution in [0.1, 0.15) is 57.4 Å². The van der Waals surface area contributed by atoms with Gasteiger partial charge in [-0.05, 0) is 38.3 Å². The van der Waals surface area contributed by atoms with Crippen molar-refractivity contribution in [3.05, 3.63) is 29.8 Å². The molecule has 3 amide bonds. The van der Waals surface area contributed by atoms with Gasteiger partial charge in [0.25, 0.3) is 5.91 Å². The normalized spacial score (nSPS) is 21.2. The Morgan fingerprint density at radius 3 is 2.40 bits per heavy atom. The van der Waals surface area contributed by atoms with Gasteiger partial charge in [-0.25, -0.2) is 4.90 Å². The number of anilines is 1. The minimum atomic E-state index is -0.643. The number of benzene rings is 1. The molecule has 1 aliphatic heterocycles. The number of rotatable bonds is 5. The molecule has 0 bridgehead atoms. The molecule has 3 rings (SSSR count). The molecule has 2 fully saturated rings. The Balaban J connectivity index is 1.87. The van der Waals surface area contributed by atoms with Gasteiger partial charge in [0.05, 0.1) is 12.1 Å². The first-order chi connectivity index (χ1) is 12.0. The predicted octanol–water partition coefficient (Wildman–Crippen LogP) is 3.20. The maximum atomic E-state index is 13.0. The van der Waals surface area contributed by atoms with E-state index in [9.17, 15) is 14.4 Å². The highest BCUT2D eigenvalue weighted by atomic mass is 16.2. The average molecular weight is 342 g/mol. The molecule has 134 valence electrons. The van der Waals surface area contributed by atoms with E-state index in [-0.39, 0.29) is 30.2 Å². The molecule has 1 aromatic rings. The van der Waals surface area contributed by atoms with Gasteiger partial charge in [0, 0.05) is 12.5 Å². The summed E-state index contributed by atoms with van der Waals surface area (Å²) in [6, 6.07) is 6.82. The van der Waals surface area contributed by atoms with Crippen molar-refractivity contribution in [3.8, 4) is 0 Å². The average Bonchev–Trinajstić information content (AvgIpc) is 3.19. The third-order valence-electron chi connectivity index (χ3n) is 5.22. The van der Waals surface area contributed by atoms with Gasteiger partial charge in [0.2, 0.25) is 11.8 Å². The van der Waals surface area contributed by atoms with Crippen LogP contribution < -0.4 is 4.90 Å². The minimum Gasteiger partial charge on any atom is -0.327 e. The molecule has 1 unspecified atom stereocenters. The van der Waals surface area contributed by atoms with Gasteiger partial charge in [-0.15, -0.1) is 0 Å². The second-order valence-corrected chi connectivity index (χ2v) is 7.11. The zero-order valence-electron chi connectivity index (χ0n) is 15.0. The summed E-state index contributed by atoms with van der Waals surface area (Å²) < 4.78 is 0. The fourth-order valence-electron chi connectivity index (χ4n) is 3.96. The lowest BCUT2D eigenvalue weighted by Gasteiger charge is -2.33. The molecule has 1 heterocycles. The largest absolute Gasteiger partial charge is 0.327 e. The summed E-state index contributed by atoms with van der Waals surface area (Å²) in [5, 5.41) is 0. The molecule has 1 saturated carbocycles. The molecule has 1 saturated heterocycles. The molecule has 5 heteroatoms. The third-order valence-corrected chi connectivity index (χ3v) is 5.22. The number of nitrogens with zero attached hydrogens (tertiary/aromatic N) is 2. The monoisotopic (exact) mass is 342 g/mol. The zero-order chi connectivity index (χ0) is 18.0. The Kier molecular flexibility index (Phi) is 5.21. The number of hydrogen-bond acceptors (Lipinski definition) is 3. The van der Waals surface area contributed by atoms with Crippen LogP contribution in [0, 0.1) is 6.92 Å². The van der Waals surface area contributed by atoms with Crippen molar-refractivity contribution in [1.82, 2.24) is 4.90 Å². The van der Waals surface area contributed by atoms with E-state index in [4.69, 9.17) is 0 Å². The summed E-state index contributed by atoms with van der Waals surface area (Å²) >= 11 is 0. The lowest BCUT2D eigenvalue weighted by molar-refractivity contribution is -0.141. The minimum absolute atomic E-state index is 0.00584. The summed E-state index contributed by atoms with van der Waals surface area (Å²) in [5.74, 6) is -0.470. The van der Waals surface area contributed by atoms with Crippen molar-refractivity contribution in [3.63, 3.8) is 0 Å². The molecule has 1 aromatic carbocycles. The topological polar surface area (TPSA) is 57.7 Å². The Labute approximate surface area is 149 Å². The van der Waals surface area contributed by atoms with Crippen molar-refractivity contribution in [1.29, 1.82) is 0 Å². The molecule has 0 radical (unpaired) electrons. The Morgan fingerprint density at radius 1 is 1.16 bits per heavy atom. The van der Waals surface area contributed by atoms with E-state index in [1.807, 2.05) is 26.0 Å². The standard InChI is InChI=1S/C20H26N2O3/c1-3-6-18(23)21(15-7-4-5-8-15)17-13-19(24)22(20(17)25)16-11-9-14(2)10-12-16/h9-12,15,17H,3-8,13H2,1-2H3. The van der Waals surface area contributed by atoms with Crippen molar-refractivity contribution >= 4 is 23.4 Å². The first-order valence-corrected chi connectivity index (χ1v) is 9.27. The summed E-state index contributed by atoms with van der Waals surface area (Å²) in [6.45, 7) is 3.93. The second kappa shape index (κ2) is 7.38. The number of imide groups is 1. The molecule has 1 atom stereocenters. The lowest BCUT2D eigenvalue weighted by Crippen LogP contribution is -2.50. The van der Waals surface area contributed by atoms with E-state index >= 15 is 0 Å². The van der Waals surface area contributed by atoms with Crippen molar-refractivity contribution in [2.75, 3.05) is 4.90 Å². The molecule has 0 aromatic heterocycles. The molecule has 0 spiro atoms. The van der Waals surface area contributed by atoms with E-state index in [0.717, 1.165) is 37.7 Å². The Hall–Kier alpha value is -2.17. The van der Waals surface area contributed by atoms with E-state index in [1.54, 1.807) is 17.0 Å². The van der Waals surface area contributed by atoms with Crippen LogP contribution in [0.2, 0.25) is 0 Å². The van der Waals surface area contributed by atoms with Crippen molar-refractivity contribution in [2.24, 2.45) is 0 Å². The highest BCUT2D eigenvalue weighted by Crippen LogP contribution is 2.32. The van der Waals surface area contributed by atoms with Gasteiger partial charge in [-0.2, -0.15) is 0 Å². The molecular weight excluding hydrogens is 316 g/mol. The highest BCUT2D eigenvalue weighted by molar-refractivity contribution is 6.23. The summed E-state index contributed by atoms with van der Waals surface area (Å²) in [6.07, 6.45) is 5.29. The number of aryl methyl sites for hydroxylation is 1. The second-order valence-electron chi connectivity index (χ2n) is 7.11. The highest BCUT2D eigenvalue weighted by Gasteiger charge is 2.46. The van der Waals surface area contributed by atoms with E-state index in [1.165, 1.54) is 4.90 Å². The van der Waals surface area contributed by atoms with E-state index < -0.39 is 6.04 Å². The van der Waals surface area contributed by atoms with Crippen LogP contribution in [0.3, 0.4) is 0 Å². The summed E-state index contributed by atoms with van der Waals surface area (Å²) in [5.41, 5.74) is 1.67. The first-order valence-electron chi connectivity index (χ1n) is 9.27. The number of hydrogen-bond donors (Lipinski definition) is 0. The van der Waals surface area contributed by atoms with Crippen molar-refractivity contribution in [2.45, 2.75) is 70.9 Å². The number of carbonyl (C=O) groups is 3. The molecule has 5 nitrogen and oxygen atoms in total. The fraction of sp³-hybridized carbons (Fsp3) is 0.550. The van der Waals surface area contributed by atoms with Crippen molar-refractivity contribution < 1.29 is 14.4 Å². The molecular formula is C20H26N2O3. The van der Waals surface area contributed by atoms with Crippen LogP contribution in [-0.2, 0) is 14.4 Å². The summed E-state index contributed by atoms with van der Waals surface area (Å²) in [7, 11) is 0. The molecule has 2 aliphatic rings. The smallest absolute Gasteiger partial charge is 0.257 e. The fourth-order valence-corrected chi connectivity index (χ4v) is 3.96. The van der Waals surface area contributed by atoms with Crippen LogP contribution in [-0.4, -0.2) is 34.7 Å². The predicted molar refractivity (Wildman–Crippen MR) is 96.1 cm³/mol. The van der Waals surface area contributed by atoms with Crippen LogP contribution in [0.4, 0.5) is 5.69 Å². The third kappa shape index (κ3) is 3.46. The molecule has 0 N–H and O–H groups in total. The Morgan fingerprint density at radius 2 is 1.80 bits per heavy atom. The molecule has 25 heavy (non-hydrogen) atoms. The van der Waals surface area contributed by atoms with Crippen LogP contribution >= 0.6 is 0 Å². The Bertz CT molecular complexity index is 662. The van der Waals surface area contributed by atoms with Crippen LogP contribution in [0.25, 0.3) is 0 Å². The van der Waals surface area contributed by atoms with Crippen LogP contribution in [0.5, 0.6) is 0 Å². The van der Waals surface area contributed by atoms with Gasteiger partial charge in [-0.3, -0.25) is 14.4 Å². The van der Waals surface area contributed by atoms with Gasteiger partial charge >= 0.3 is 0 Å². The summed E-state index contributed by atoms with van der Waals surface area (Å²) in [4.78, 5) is 41.3. The quantitative estimate of drug-likeness (QED) is 0.772. The first kappa shape index (κ1) is 17.6. The number of amides is 3. The van der Waals surface area contributed by atoms with E-state index in [2.05, 4.69) is 0 Å². The van der Waals surface area contributed by atoms with E-state index in [0.29, 0.717) is 12.1 Å². The SMILES string of the molecule is CCCC(=O)N(C1CCCC1)C1CC(=O)N(c2ccc(C)cc2)C1=O. The van der Waals surface area contributed by atoms with Gasteiger partial charge < -0.3 is 4.90 Å². The maximum Gasteiger partial charge on any atom is 0.257 e. The van der Waals surface area contributed by atoms with Crippen LogP contribution in [0.15, 0.2) is 24.3 Å². The maximum absolute atomic E-state index is 13.0. The molecule has 1 aliphatic carbocycles. The zero-order valence-corrected chi connectivity index (χ0v) is 15.0. The van der Waals surface area contributed by atoms with Gasteiger partial charge in [0.1, 0.15) is 6.04 Å². The number of carbonyl (C=O) groups excluding carboxylic acids is 3.